The van der Waals surface area contributed by atoms with Crippen LogP contribution in [0.3, 0.4) is 0 Å². The lowest BCUT2D eigenvalue weighted by atomic mass is 9.86. The largest absolute Gasteiger partial charge is 0.351 e. The lowest BCUT2D eigenvalue weighted by Gasteiger charge is -2.30. The molecule has 1 aliphatic carbocycles. The van der Waals surface area contributed by atoms with Gasteiger partial charge in [-0.05, 0) is 32.6 Å². The highest BCUT2D eigenvalue weighted by Crippen LogP contribution is 2.24. The summed E-state index contributed by atoms with van der Waals surface area (Å²) in [4.78, 5) is 12.3. The van der Waals surface area contributed by atoms with E-state index in [1.807, 2.05) is 13.8 Å². The number of amides is 1. The van der Waals surface area contributed by atoms with Crippen molar-refractivity contribution in [3.63, 3.8) is 0 Å². The van der Waals surface area contributed by atoms with E-state index in [0.29, 0.717) is 17.0 Å². The van der Waals surface area contributed by atoms with Crippen molar-refractivity contribution < 1.29 is 4.79 Å². The van der Waals surface area contributed by atoms with Gasteiger partial charge in [0.05, 0.1) is 10.7 Å². The number of carbonyl (C=O) groups excluding carboxylic acids is 1. The van der Waals surface area contributed by atoms with Crippen LogP contribution in [0.5, 0.6) is 0 Å². The number of carbonyl (C=O) groups is 1. The summed E-state index contributed by atoms with van der Waals surface area (Å²) < 4.78 is 1.64. The molecule has 5 heteroatoms. The van der Waals surface area contributed by atoms with E-state index in [0.717, 1.165) is 12.1 Å². The molecule has 1 fully saturated rings. The van der Waals surface area contributed by atoms with E-state index in [4.69, 9.17) is 11.6 Å². The molecule has 3 atom stereocenters. The Kier molecular flexibility index (Phi) is 4.50. The number of aromatic nitrogens is 2. The summed E-state index contributed by atoms with van der Waals surface area (Å²) in [7, 11) is 0. The van der Waals surface area contributed by atoms with Gasteiger partial charge in [0.15, 0.2) is 0 Å². The molecule has 0 aliphatic heterocycles. The summed E-state index contributed by atoms with van der Waals surface area (Å²) in [5.41, 5.74) is 0.757. The van der Waals surface area contributed by atoms with Crippen molar-refractivity contribution >= 4 is 17.5 Å². The molecule has 1 N–H and O–H groups in total. The molecule has 1 aromatic rings. The summed E-state index contributed by atoms with van der Waals surface area (Å²) >= 11 is 5.98. The molecule has 0 aromatic carbocycles. The molecule has 2 rings (SSSR count). The highest BCUT2D eigenvalue weighted by atomic mass is 35.5. The van der Waals surface area contributed by atoms with Crippen LogP contribution in [-0.2, 0) is 4.79 Å². The third kappa shape index (κ3) is 3.30. The molecule has 0 bridgehead atoms. The molecular formula is C14H22ClN3O. The fourth-order valence-electron chi connectivity index (χ4n) is 2.61. The number of nitrogens with zero attached hydrogens (tertiary/aromatic N) is 2. The normalized spacial score (nSPS) is 25.1. The Morgan fingerprint density at radius 3 is 2.79 bits per heavy atom. The average molecular weight is 284 g/mol. The fraction of sp³-hybridized carbons (Fsp3) is 0.714. The van der Waals surface area contributed by atoms with Gasteiger partial charge in [-0.2, -0.15) is 5.10 Å². The lowest BCUT2D eigenvalue weighted by molar-refractivity contribution is -0.125. The summed E-state index contributed by atoms with van der Waals surface area (Å²) in [5, 5.41) is 8.02. The molecule has 4 nitrogen and oxygen atoms in total. The van der Waals surface area contributed by atoms with Crippen LogP contribution >= 0.6 is 11.6 Å². The third-order valence-corrected chi connectivity index (χ3v) is 4.44. The van der Waals surface area contributed by atoms with Crippen molar-refractivity contribution in [1.82, 2.24) is 15.1 Å². The second kappa shape index (κ2) is 5.95. The van der Waals surface area contributed by atoms with E-state index >= 15 is 0 Å². The Bertz CT molecular complexity index is 438. The Labute approximate surface area is 119 Å². The standard InChI is InChI=1S/C14H22ClN3O/c1-9-6-4-5-7-13(9)16-14(19)11(3)18-8-12(15)10(2)17-18/h8-9,11,13H,4-7H2,1-3H3,(H,16,19)/t9-,11-,13+/m0/s1. The number of hydrogen-bond acceptors (Lipinski definition) is 2. The van der Waals surface area contributed by atoms with Crippen LogP contribution in [-0.4, -0.2) is 21.7 Å². The van der Waals surface area contributed by atoms with Crippen molar-refractivity contribution in [2.24, 2.45) is 5.92 Å². The third-order valence-electron chi connectivity index (χ3n) is 4.07. The predicted molar refractivity (Wildman–Crippen MR) is 76.2 cm³/mol. The first-order valence-electron chi connectivity index (χ1n) is 7.00. The van der Waals surface area contributed by atoms with Gasteiger partial charge in [-0.3, -0.25) is 9.48 Å². The molecular weight excluding hydrogens is 262 g/mol. The molecule has 1 amide bonds. The van der Waals surface area contributed by atoms with Crippen LogP contribution in [0.15, 0.2) is 6.20 Å². The van der Waals surface area contributed by atoms with E-state index in [-0.39, 0.29) is 11.9 Å². The van der Waals surface area contributed by atoms with Gasteiger partial charge in [0.2, 0.25) is 5.91 Å². The van der Waals surface area contributed by atoms with Gasteiger partial charge in [-0.15, -0.1) is 0 Å². The molecule has 0 radical (unpaired) electrons. The Morgan fingerprint density at radius 2 is 2.21 bits per heavy atom. The molecule has 1 aromatic heterocycles. The second-order valence-electron chi connectivity index (χ2n) is 5.60. The minimum absolute atomic E-state index is 0.0258. The molecule has 19 heavy (non-hydrogen) atoms. The van der Waals surface area contributed by atoms with Crippen LogP contribution in [0.2, 0.25) is 5.02 Å². The monoisotopic (exact) mass is 283 g/mol. The van der Waals surface area contributed by atoms with E-state index < -0.39 is 0 Å². The average Bonchev–Trinajstić information content (AvgIpc) is 2.71. The van der Waals surface area contributed by atoms with Crippen LogP contribution in [0.1, 0.15) is 51.3 Å². The topological polar surface area (TPSA) is 46.9 Å². The quantitative estimate of drug-likeness (QED) is 0.926. The number of rotatable bonds is 3. The second-order valence-corrected chi connectivity index (χ2v) is 6.00. The number of nitrogens with one attached hydrogen (secondary N) is 1. The first-order valence-corrected chi connectivity index (χ1v) is 7.38. The summed E-state index contributed by atoms with van der Waals surface area (Å²) in [5.74, 6) is 0.589. The van der Waals surface area contributed by atoms with Crippen LogP contribution in [0, 0.1) is 12.8 Å². The predicted octanol–water partition coefficient (Wildman–Crippen LogP) is 3.10. The van der Waals surface area contributed by atoms with Gasteiger partial charge in [-0.1, -0.05) is 31.4 Å². The highest BCUT2D eigenvalue weighted by molar-refractivity contribution is 6.31. The number of halogens is 1. The van der Waals surface area contributed by atoms with Crippen LogP contribution < -0.4 is 5.32 Å². The number of aryl methyl sites for hydroxylation is 1. The van der Waals surface area contributed by atoms with Gasteiger partial charge < -0.3 is 5.32 Å². The highest BCUT2D eigenvalue weighted by Gasteiger charge is 2.25. The molecule has 0 saturated heterocycles. The first kappa shape index (κ1) is 14.4. The summed E-state index contributed by atoms with van der Waals surface area (Å²) in [6.07, 6.45) is 6.48. The van der Waals surface area contributed by atoms with Gasteiger partial charge in [0.1, 0.15) is 6.04 Å². The van der Waals surface area contributed by atoms with Gasteiger partial charge in [0, 0.05) is 12.2 Å². The first-order chi connectivity index (χ1) is 8.99. The summed E-state index contributed by atoms with van der Waals surface area (Å²) in [6.45, 7) is 5.90. The maximum Gasteiger partial charge on any atom is 0.244 e. The molecule has 0 spiro atoms. The fourth-order valence-corrected chi connectivity index (χ4v) is 2.75. The molecule has 1 aliphatic rings. The minimum atomic E-state index is -0.319. The Morgan fingerprint density at radius 1 is 1.53 bits per heavy atom. The molecule has 1 heterocycles. The number of hydrogen-bond donors (Lipinski definition) is 1. The smallest absolute Gasteiger partial charge is 0.244 e. The van der Waals surface area contributed by atoms with Crippen molar-refractivity contribution in [2.45, 2.75) is 58.5 Å². The zero-order valence-corrected chi connectivity index (χ0v) is 12.6. The summed E-state index contributed by atoms with van der Waals surface area (Å²) in [6, 6.07) is -0.0174. The van der Waals surface area contributed by atoms with E-state index in [1.54, 1.807) is 10.9 Å². The van der Waals surface area contributed by atoms with Gasteiger partial charge in [-0.25, -0.2) is 0 Å². The maximum atomic E-state index is 12.3. The van der Waals surface area contributed by atoms with Crippen molar-refractivity contribution in [3.8, 4) is 0 Å². The lowest BCUT2D eigenvalue weighted by Crippen LogP contribution is -2.43. The van der Waals surface area contributed by atoms with Crippen molar-refractivity contribution in [3.05, 3.63) is 16.9 Å². The van der Waals surface area contributed by atoms with Crippen molar-refractivity contribution in [1.29, 1.82) is 0 Å². The van der Waals surface area contributed by atoms with Gasteiger partial charge >= 0.3 is 0 Å². The zero-order chi connectivity index (χ0) is 14.0. The SMILES string of the molecule is Cc1nn([C@@H](C)C(=O)N[C@@H]2CCCC[C@@H]2C)cc1Cl. The Hall–Kier alpha value is -1.03. The minimum Gasteiger partial charge on any atom is -0.351 e. The molecule has 106 valence electrons. The van der Waals surface area contributed by atoms with Crippen LogP contribution in [0.25, 0.3) is 0 Å². The van der Waals surface area contributed by atoms with E-state index in [2.05, 4.69) is 17.3 Å². The molecule has 1 saturated carbocycles. The van der Waals surface area contributed by atoms with Crippen LogP contribution in [0.4, 0.5) is 0 Å². The van der Waals surface area contributed by atoms with E-state index in [9.17, 15) is 4.79 Å². The maximum absolute atomic E-state index is 12.3. The van der Waals surface area contributed by atoms with Gasteiger partial charge in [0.25, 0.3) is 0 Å². The van der Waals surface area contributed by atoms with Crippen molar-refractivity contribution in [2.75, 3.05) is 0 Å². The van der Waals surface area contributed by atoms with E-state index in [1.165, 1.54) is 19.3 Å². The molecule has 0 unspecified atom stereocenters. The Balaban J connectivity index is 1.99. The zero-order valence-electron chi connectivity index (χ0n) is 11.8.